The van der Waals surface area contributed by atoms with Crippen LogP contribution in [0.15, 0.2) is 60.7 Å². The van der Waals surface area contributed by atoms with E-state index >= 15 is 0 Å². The second-order valence-corrected chi connectivity index (χ2v) is 4.15. The molecule has 6 nitrogen and oxygen atoms in total. The van der Waals surface area contributed by atoms with E-state index in [9.17, 15) is 4.79 Å². The van der Waals surface area contributed by atoms with Gasteiger partial charge in [-0.25, -0.2) is 4.79 Å². The van der Waals surface area contributed by atoms with Crippen molar-refractivity contribution in [2.45, 2.75) is 0 Å². The van der Waals surface area contributed by atoms with Crippen molar-refractivity contribution in [2.75, 3.05) is 26.4 Å². The second kappa shape index (κ2) is 15.2. The largest absolute Gasteiger partial charge is 0.460 e. The third-order valence-electron chi connectivity index (χ3n) is 2.34. The highest BCUT2D eigenvalue weighted by atomic mass is 16.5. The molecule has 2 aromatic rings. The Kier molecular flexibility index (Phi) is 13.5. The molecule has 0 radical (unpaired) electrons. The number of rotatable bonds is 4. The number of nitrogens with zero attached hydrogens (tertiary/aromatic N) is 1. The van der Waals surface area contributed by atoms with Crippen LogP contribution in [-0.4, -0.2) is 47.7 Å². The highest BCUT2D eigenvalue weighted by Gasteiger charge is 2.03. The van der Waals surface area contributed by atoms with Crippen LogP contribution in [-0.2, 0) is 4.74 Å². The number of hydrogen-bond donors (Lipinski definition) is 3. The van der Waals surface area contributed by atoms with Crippen molar-refractivity contribution in [2.24, 2.45) is 0 Å². The van der Waals surface area contributed by atoms with Gasteiger partial charge in [0.1, 0.15) is 6.61 Å². The molecule has 0 fully saturated rings. The summed E-state index contributed by atoms with van der Waals surface area (Å²) < 4.78 is 4.69. The van der Waals surface area contributed by atoms with Gasteiger partial charge >= 0.3 is 5.97 Å². The van der Waals surface area contributed by atoms with Crippen LogP contribution in [0.1, 0.15) is 15.9 Å². The van der Waals surface area contributed by atoms with Gasteiger partial charge in [0.2, 0.25) is 0 Å². The lowest BCUT2D eigenvalue weighted by Crippen LogP contribution is -2.08. The molecule has 0 saturated carbocycles. The Balaban J connectivity index is 0.000000379. The Morgan fingerprint density at radius 1 is 0.875 bits per heavy atom. The Morgan fingerprint density at radius 3 is 1.75 bits per heavy atom. The van der Waals surface area contributed by atoms with Crippen LogP contribution in [0.5, 0.6) is 0 Å². The summed E-state index contributed by atoms with van der Waals surface area (Å²) in [6.07, 6.45) is 0. The summed E-state index contributed by atoms with van der Waals surface area (Å²) in [5.74, 6) is -0.398. The van der Waals surface area contributed by atoms with E-state index in [0.29, 0.717) is 11.1 Å². The number of aliphatic hydroxyl groups is 3. The van der Waals surface area contributed by atoms with Crippen molar-refractivity contribution >= 4 is 5.97 Å². The van der Waals surface area contributed by atoms with Crippen molar-refractivity contribution < 1.29 is 24.9 Å². The summed E-state index contributed by atoms with van der Waals surface area (Å²) in [7, 11) is 0. The smallest absolute Gasteiger partial charge is 0.338 e. The van der Waals surface area contributed by atoms with E-state index < -0.39 is 5.97 Å². The van der Waals surface area contributed by atoms with Crippen LogP contribution in [0.2, 0.25) is 0 Å². The third kappa shape index (κ3) is 10.9. The van der Waals surface area contributed by atoms with Gasteiger partial charge in [0.25, 0.3) is 0 Å². The summed E-state index contributed by atoms with van der Waals surface area (Å²) in [5.41, 5.74) is 1.22. The Bertz CT molecular complexity index is 579. The van der Waals surface area contributed by atoms with Gasteiger partial charge in [-0.15, -0.1) is 0 Å². The van der Waals surface area contributed by atoms with Gasteiger partial charge in [-0.1, -0.05) is 36.4 Å². The van der Waals surface area contributed by atoms with E-state index in [1.165, 1.54) is 0 Å². The fraction of sp³-hybridized carbons (Fsp3) is 0.222. The molecule has 128 valence electrons. The first-order valence-electron chi connectivity index (χ1n) is 7.19. The second-order valence-electron chi connectivity index (χ2n) is 4.15. The van der Waals surface area contributed by atoms with Crippen LogP contribution in [0.25, 0.3) is 0 Å². The number of benzene rings is 2. The predicted octanol–water partition coefficient (Wildman–Crippen LogP) is 1.36. The highest BCUT2D eigenvalue weighted by Crippen LogP contribution is 2.00. The van der Waals surface area contributed by atoms with Gasteiger partial charge in [0.05, 0.1) is 37.0 Å². The number of hydrogen-bond acceptors (Lipinski definition) is 6. The number of esters is 1. The fourth-order valence-corrected chi connectivity index (χ4v) is 1.31. The monoisotopic (exact) mass is 331 g/mol. The predicted molar refractivity (Wildman–Crippen MR) is 89.1 cm³/mol. The maximum atomic E-state index is 11.1. The highest BCUT2D eigenvalue weighted by molar-refractivity contribution is 5.89. The number of carbonyl (C=O) groups is 1. The lowest BCUT2D eigenvalue weighted by Gasteiger charge is -2.00. The third-order valence-corrected chi connectivity index (χ3v) is 2.34. The number of ether oxygens (including phenoxy) is 1. The van der Waals surface area contributed by atoms with Crippen LogP contribution in [0.3, 0.4) is 0 Å². The van der Waals surface area contributed by atoms with Gasteiger partial charge in [-0.05, 0) is 24.3 Å². The first-order chi connectivity index (χ1) is 11.7. The van der Waals surface area contributed by atoms with Gasteiger partial charge < -0.3 is 20.1 Å². The number of aliphatic hydroxyl groups excluding tert-OH is 3. The lowest BCUT2D eigenvalue weighted by atomic mass is 10.2. The van der Waals surface area contributed by atoms with E-state index in [-0.39, 0.29) is 26.4 Å². The molecular formula is C18H21NO5. The molecule has 0 aromatic heterocycles. The molecule has 6 heteroatoms. The van der Waals surface area contributed by atoms with Gasteiger partial charge in [-0.3, -0.25) is 0 Å². The van der Waals surface area contributed by atoms with Crippen LogP contribution < -0.4 is 0 Å². The molecule has 0 aliphatic heterocycles. The molecule has 0 saturated heterocycles. The number of nitriles is 1. The Hall–Kier alpha value is -2.72. The minimum absolute atomic E-state index is 0.0493. The quantitative estimate of drug-likeness (QED) is 0.730. The average Bonchev–Trinajstić information content (AvgIpc) is 2.68. The van der Waals surface area contributed by atoms with E-state index in [4.69, 9.17) is 20.6 Å². The lowest BCUT2D eigenvalue weighted by molar-refractivity contribution is 0.0434. The molecule has 24 heavy (non-hydrogen) atoms. The number of carbonyl (C=O) groups excluding carboxylic acids is 1. The molecule has 0 aliphatic rings. The first kappa shape index (κ1) is 21.3. The minimum atomic E-state index is -0.398. The summed E-state index contributed by atoms with van der Waals surface area (Å²) in [5, 5.41) is 31.9. The van der Waals surface area contributed by atoms with Gasteiger partial charge in [0, 0.05) is 0 Å². The molecule has 3 N–H and O–H groups in total. The van der Waals surface area contributed by atoms with E-state index in [0.717, 1.165) is 0 Å². The van der Waals surface area contributed by atoms with Gasteiger partial charge in [0.15, 0.2) is 0 Å². The maximum absolute atomic E-state index is 11.1. The van der Waals surface area contributed by atoms with Crippen LogP contribution in [0.4, 0.5) is 0 Å². The molecule has 0 bridgehead atoms. The Morgan fingerprint density at radius 2 is 1.38 bits per heavy atom. The molecular weight excluding hydrogens is 310 g/mol. The Labute approximate surface area is 141 Å². The summed E-state index contributed by atoms with van der Waals surface area (Å²) in [6.45, 7) is -0.341. The molecule has 2 aromatic carbocycles. The van der Waals surface area contributed by atoms with Crippen molar-refractivity contribution in [3.63, 3.8) is 0 Å². The SMILES string of the molecule is N#Cc1ccccc1.O=C(OCCO)c1ccccc1.OCCO. The molecule has 0 atom stereocenters. The topological polar surface area (TPSA) is 111 Å². The maximum Gasteiger partial charge on any atom is 0.338 e. The molecule has 0 heterocycles. The fourth-order valence-electron chi connectivity index (χ4n) is 1.31. The summed E-state index contributed by atoms with van der Waals surface area (Å²) in [4.78, 5) is 11.1. The average molecular weight is 331 g/mol. The molecule has 0 aliphatic carbocycles. The standard InChI is InChI=1S/C9H10O3.C7H5N.C2H6O2/c10-6-7-12-9(11)8-4-2-1-3-5-8;8-6-7-4-2-1-3-5-7;3-1-2-4/h1-5,10H,6-7H2;1-5H;3-4H,1-2H2. The van der Waals surface area contributed by atoms with Crippen molar-refractivity contribution in [3.05, 3.63) is 71.8 Å². The molecule has 0 spiro atoms. The zero-order valence-electron chi connectivity index (χ0n) is 13.2. The molecule has 0 unspecified atom stereocenters. The summed E-state index contributed by atoms with van der Waals surface area (Å²) in [6, 6.07) is 19.8. The minimum Gasteiger partial charge on any atom is -0.460 e. The summed E-state index contributed by atoms with van der Waals surface area (Å²) >= 11 is 0. The van der Waals surface area contributed by atoms with E-state index in [1.807, 2.05) is 30.3 Å². The van der Waals surface area contributed by atoms with Crippen LogP contribution in [0, 0.1) is 11.3 Å². The van der Waals surface area contributed by atoms with Crippen molar-refractivity contribution in [3.8, 4) is 6.07 Å². The van der Waals surface area contributed by atoms with Crippen LogP contribution >= 0.6 is 0 Å². The first-order valence-corrected chi connectivity index (χ1v) is 7.19. The van der Waals surface area contributed by atoms with Crippen molar-refractivity contribution in [1.29, 1.82) is 5.26 Å². The zero-order chi connectivity index (χ0) is 18.0. The van der Waals surface area contributed by atoms with E-state index in [1.54, 1.807) is 36.4 Å². The molecule has 0 amide bonds. The normalized spacial score (nSPS) is 8.58. The van der Waals surface area contributed by atoms with Crippen molar-refractivity contribution in [1.82, 2.24) is 0 Å². The molecule has 2 rings (SSSR count). The van der Waals surface area contributed by atoms with Gasteiger partial charge in [-0.2, -0.15) is 5.26 Å². The zero-order valence-corrected chi connectivity index (χ0v) is 13.2. The van der Waals surface area contributed by atoms with E-state index in [2.05, 4.69) is 4.74 Å².